The topological polar surface area (TPSA) is 81.2 Å². The molecule has 0 atom stereocenters. The van der Waals surface area contributed by atoms with Crippen LogP contribution in [0.3, 0.4) is 0 Å². The first-order valence-corrected chi connectivity index (χ1v) is 9.84. The Morgan fingerprint density at radius 3 is 2.44 bits per heavy atom. The zero-order valence-electron chi connectivity index (χ0n) is 13.6. The number of aromatic nitrogens is 2. The Labute approximate surface area is 146 Å². The zero-order valence-corrected chi connectivity index (χ0v) is 14.5. The van der Waals surface area contributed by atoms with Crippen LogP contribution in [-0.2, 0) is 15.8 Å². The van der Waals surface area contributed by atoms with Crippen molar-refractivity contribution in [2.45, 2.75) is 43.6 Å². The van der Waals surface area contributed by atoms with Gasteiger partial charge in [-0.1, -0.05) is 18.2 Å². The highest BCUT2D eigenvalue weighted by atomic mass is 32.2. The normalized spacial score (nSPS) is 21.0. The van der Waals surface area contributed by atoms with Gasteiger partial charge < -0.3 is 4.74 Å². The van der Waals surface area contributed by atoms with E-state index in [0.717, 1.165) is 0 Å². The molecule has 0 aliphatic heterocycles. The third kappa shape index (κ3) is 5.20. The maximum absolute atomic E-state index is 13.6. The number of nitrogens with one attached hydrogen (secondary N) is 1. The first-order chi connectivity index (χ1) is 12.0. The molecule has 1 N–H and O–H groups in total. The SMILES string of the molecule is O=S(=O)(Cc1ccccc1F)NC1CCC(Oc2ncccn2)CC1. The Kier molecular flexibility index (Phi) is 5.60. The lowest BCUT2D eigenvalue weighted by atomic mass is 9.94. The molecule has 1 fully saturated rings. The molecular formula is C17H20FN3O3S. The van der Waals surface area contributed by atoms with Crippen molar-refractivity contribution in [1.29, 1.82) is 0 Å². The van der Waals surface area contributed by atoms with Crippen molar-refractivity contribution in [1.82, 2.24) is 14.7 Å². The number of halogens is 1. The number of nitrogens with zero attached hydrogens (tertiary/aromatic N) is 2. The van der Waals surface area contributed by atoms with E-state index in [4.69, 9.17) is 4.74 Å². The largest absolute Gasteiger partial charge is 0.460 e. The Bertz CT molecular complexity index is 794. The number of rotatable bonds is 6. The lowest BCUT2D eigenvalue weighted by molar-refractivity contribution is 0.132. The van der Waals surface area contributed by atoms with Gasteiger partial charge in [-0.2, -0.15) is 0 Å². The average Bonchev–Trinajstić information content (AvgIpc) is 2.59. The molecule has 0 bridgehead atoms. The highest BCUT2D eigenvalue weighted by Crippen LogP contribution is 2.23. The maximum Gasteiger partial charge on any atom is 0.316 e. The van der Waals surface area contributed by atoms with E-state index in [2.05, 4.69) is 14.7 Å². The molecule has 134 valence electrons. The summed E-state index contributed by atoms with van der Waals surface area (Å²) in [5.41, 5.74) is 0.174. The summed E-state index contributed by atoms with van der Waals surface area (Å²) >= 11 is 0. The summed E-state index contributed by atoms with van der Waals surface area (Å²) < 4.78 is 46.5. The minimum atomic E-state index is -3.59. The summed E-state index contributed by atoms with van der Waals surface area (Å²) in [4.78, 5) is 8.05. The second-order valence-corrected chi connectivity index (χ2v) is 7.85. The van der Waals surface area contributed by atoms with Crippen LogP contribution >= 0.6 is 0 Å². The van der Waals surface area contributed by atoms with Crippen molar-refractivity contribution in [3.05, 3.63) is 54.1 Å². The lowest BCUT2D eigenvalue weighted by Gasteiger charge is -2.28. The number of sulfonamides is 1. The molecule has 0 amide bonds. The maximum atomic E-state index is 13.6. The highest BCUT2D eigenvalue weighted by molar-refractivity contribution is 7.88. The Morgan fingerprint density at radius 1 is 1.08 bits per heavy atom. The van der Waals surface area contributed by atoms with Crippen LogP contribution in [0.5, 0.6) is 6.01 Å². The first kappa shape index (κ1) is 17.8. The monoisotopic (exact) mass is 365 g/mol. The predicted octanol–water partition coefficient (Wildman–Crippen LogP) is 2.43. The van der Waals surface area contributed by atoms with Gasteiger partial charge in [-0.05, 0) is 37.8 Å². The Morgan fingerprint density at radius 2 is 1.76 bits per heavy atom. The molecule has 0 saturated heterocycles. The van der Waals surface area contributed by atoms with Gasteiger partial charge in [0.2, 0.25) is 10.0 Å². The van der Waals surface area contributed by atoms with Gasteiger partial charge >= 0.3 is 6.01 Å². The third-order valence-corrected chi connectivity index (χ3v) is 5.52. The van der Waals surface area contributed by atoms with Crippen LogP contribution in [0.1, 0.15) is 31.2 Å². The zero-order chi connectivity index (χ0) is 17.7. The van der Waals surface area contributed by atoms with Gasteiger partial charge in [0, 0.05) is 24.0 Å². The molecule has 1 aliphatic carbocycles. The molecule has 2 aromatic rings. The third-order valence-electron chi connectivity index (χ3n) is 4.14. The van der Waals surface area contributed by atoms with Crippen LogP contribution in [0.15, 0.2) is 42.7 Å². The molecule has 0 unspecified atom stereocenters. The van der Waals surface area contributed by atoms with E-state index in [0.29, 0.717) is 31.7 Å². The molecule has 1 saturated carbocycles. The molecule has 1 aliphatic rings. The molecule has 0 spiro atoms. The Hall–Kier alpha value is -2.06. The van der Waals surface area contributed by atoms with Crippen LogP contribution in [0.4, 0.5) is 4.39 Å². The van der Waals surface area contributed by atoms with E-state index in [1.165, 1.54) is 18.2 Å². The van der Waals surface area contributed by atoms with E-state index < -0.39 is 15.8 Å². The second-order valence-electron chi connectivity index (χ2n) is 6.09. The van der Waals surface area contributed by atoms with Gasteiger partial charge in [0.1, 0.15) is 11.9 Å². The quantitative estimate of drug-likeness (QED) is 0.850. The average molecular weight is 365 g/mol. The summed E-state index contributed by atoms with van der Waals surface area (Å²) in [6.45, 7) is 0. The van der Waals surface area contributed by atoms with Crippen LogP contribution < -0.4 is 9.46 Å². The molecule has 1 aromatic carbocycles. The minimum Gasteiger partial charge on any atom is -0.460 e. The standard InChI is InChI=1S/C17H20FN3O3S/c18-16-5-2-1-4-13(16)12-25(22,23)21-14-6-8-15(9-7-14)24-17-19-10-3-11-20-17/h1-5,10-11,14-15,21H,6-9,12H2. The molecule has 6 nitrogen and oxygen atoms in total. The molecule has 25 heavy (non-hydrogen) atoms. The van der Waals surface area contributed by atoms with Gasteiger partial charge in [-0.15, -0.1) is 0 Å². The van der Waals surface area contributed by atoms with Crippen LogP contribution in [0.2, 0.25) is 0 Å². The second kappa shape index (κ2) is 7.88. The summed E-state index contributed by atoms with van der Waals surface area (Å²) in [6.07, 6.45) is 5.96. The molecular weight excluding hydrogens is 345 g/mol. The fourth-order valence-electron chi connectivity index (χ4n) is 2.91. The molecule has 0 radical (unpaired) electrons. The van der Waals surface area contributed by atoms with Crippen LogP contribution in [0, 0.1) is 5.82 Å². The number of hydrogen-bond donors (Lipinski definition) is 1. The molecule has 1 heterocycles. The van der Waals surface area contributed by atoms with Crippen LogP contribution in [-0.4, -0.2) is 30.5 Å². The van der Waals surface area contributed by atoms with E-state index in [1.54, 1.807) is 24.5 Å². The van der Waals surface area contributed by atoms with Crippen LogP contribution in [0.25, 0.3) is 0 Å². The van der Waals surface area contributed by atoms with Crippen molar-refractivity contribution >= 4 is 10.0 Å². The number of ether oxygens (including phenoxy) is 1. The van der Waals surface area contributed by atoms with E-state index in [1.807, 2.05) is 0 Å². The summed E-state index contributed by atoms with van der Waals surface area (Å²) in [5.74, 6) is -0.860. The van der Waals surface area contributed by atoms with Gasteiger partial charge in [0.05, 0.1) is 5.75 Å². The van der Waals surface area contributed by atoms with Crippen molar-refractivity contribution in [3.63, 3.8) is 0 Å². The Balaban J connectivity index is 1.50. The van der Waals surface area contributed by atoms with Gasteiger partial charge in [-0.25, -0.2) is 27.5 Å². The summed E-state index contributed by atoms with van der Waals surface area (Å²) in [5, 5.41) is 0. The molecule has 8 heteroatoms. The number of benzene rings is 1. The fraction of sp³-hybridized carbons (Fsp3) is 0.412. The highest BCUT2D eigenvalue weighted by Gasteiger charge is 2.26. The smallest absolute Gasteiger partial charge is 0.316 e. The van der Waals surface area contributed by atoms with Gasteiger partial charge in [0.25, 0.3) is 0 Å². The van der Waals surface area contributed by atoms with E-state index >= 15 is 0 Å². The van der Waals surface area contributed by atoms with Crippen molar-refractivity contribution < 1.29 is 17.5 Å². The fourth-order valence-corrected chi connectivity index (χ4v) is 4.38. The minimum absolute atomic E-state index is 0.0188. The first-order valence-electron chi connectivity index (χ1n) is 8.19. The number of hydrogen-bond acceptors (Lipinski definition) is 5. The van der Waals surface area contributed by atoms with Crippen molar-refractivity contribution in [3.8, 4) is 6.01 Å². The van der Waals surface area contributed by atoms with Crippen molar-refractivity contribution in [2.75, 3.05) is 0 Å². The predicted molar refractivity (Wildman–Crippen MR) is 90.9 cm³/mol. The van der Waals surface area contributed by atoms with Crippen molar-refractivity contribution in [2.24, 2.45) is 0 Å². The summed E-state index contributed by atoms with van der Waals surface area (Å²) in [7, 11) is -3.59. The van der Waals surface area contributed by atoms with Gasteiger partial charge in [0.15, 0.2) is 0 Å². The van der Waals surface area contributed by atoms with E-state index in [-0.39, 0.29) is 23.5 Å². The van der Waals surface area contributed by atoms with E-state index in [9.17, 15) is 12.8 Å². The summed E-state index contributed by atoms with van der Waals surface area (Å²) in [6, 6.07) is 7.81. The molecule has 1 aromatic heterocycles. The van der Waals surface area contributed by atoms with Gasteiger partial charge in [-0.3, -0.25) is 0 Å². The molecule has 3 rings (SSSR count). The lowest BCUT2D eigenvalue weighted by Crippen LogP contribution is -2.40.